The average Bonchev–Trinajstić information content (AvgIpc) is 2.37. The van der Waals surface area contributed by atoms with E-state index >= 15 is 0 Å². The number of nitrogens with one attached hydrogen (secondary N) is 2. The average molecular weight is 299 g/mol. The lowest BCUT2D eigenvalue weighted by atomic mass is 9.84. The minimum Gasteiger partial charge on any atom is -0.481 e. The summed E-state index contributed by atoms with van der Waals surface area (Å²) in [5, 5.41) is 14.6. The second-order valence-corrected chi connectivity index (χ2v) is 5.86. The molecular weight excluding hydrogens is 274 g/mol. The summed E-state index contributed by atoms with van der Waals surface area (Å²) >= 11 is 0. The van der Waals surface area contributed by atoms with Crippen LogP contribution in [0, 0.1) is 5.92 Å². The van der Waals surface area contributed by atoms with Gasteiger partial charge in [0.15, 0.2) is 0 Å². The molecule has 3 amide bonds. The molecule has 0 aromatic carbocycles. The Balaban J connectivity index is 2.50. The Morgan fingerprint density at radius 1 is 1.24 bits per heavy atom. The van der Waals surface area contributed by atoms with Gasteiger partial charge in [-0.05, 0) is 26.7 Å². The van der Waals surface area contributed by atoms with Gasteiger partial charge in [0.05, 0.1) is 5.92 Å². The predicted molar refractivity (Wildman–Crippen MR) is 77.8 cm³/mol. The fourth-order valence-electron chi connectivity index (χ4n) is 2.52. The van der Waals surface area contributed by atoms with Gasteiger partial charge in [-0.25, -0.2) is 4.79 Å². The minimum atomic E-state index is -0.875. The Labute approximate surface area is 125 Å². The largest absolute Gasteiger partial charge is 0.481 e. The summed E-state index contributed by atoms with van der Waals surface area (Å²) in [5.74, 6) is -1.65. The van der Waals surface area contributed by atoms with Crippen LogP contribution in [-0.2, 0) is 9.59 Å². The van der Waals surface area contributed by atoms with Crippen LogP contribution < -0.4 is 10.6 Å². The summed E-state index contributed by atoms with van der Waals surface area (Å²) in [6.45, 7) is 3.64. The SMILES string of the molecule is CC(C)NC(=O)CN(C)C(=O)NC1CCCCC1C(=O)O. The van der Waals surface area contributed by atoms with Crippen molar-refractivity contribution in [3.8, 4) is 0 Å². The second kappa shape index (κ2) is 7.85. The molecule has 0 heterocycles. The van der Waals surface area contributed by atoms with Crippen molar-refractivity contribution in [2.24, 2.45) is 5.92 Å². The highest BCUT2D eigenvalue weighted by atomic mass is 16.4. The van der Waals surface area contributed by atoms with E-state index in [1.165, 1.54) is 11.9 Å². The van der Waals surface area contributed by atoms with Crippen LogP contribution in [0.1, 0.15) is 39.5 Å². The zero-order valence-corrected chi connectivity index (χ0v) is 12.9. The maximum Gasteiger partial charge on any atom is 0.317 e. The third kappa shape index (κ3) is 5.61. The topological polar surface area (TPSA) is 98.7 Å². The van der Waals surface area contributed by atoms with E-state index in [1.807, 2.05) is 13.8 Å². The van der Waals surface area contributed by atoms with Crippen LogP contribution in [0.25, 0.3) is 0 Å². The molecular formula is C14H25N3O4. The van der Waals surface area contributed by atoms with E-state index in [0.717, 1.165) is 12.8 Å². The van der Waals surface area contributed by atoms with Crippen LogP contribution >= 0.6 is 0 Å². The number of rotatable bonds is 5. The number of aliphatic carboxylic acids is 1. The van der Waals surface area contributed by atoms with Crippen LogP contribution in [0.15, 0.2) is 0 Å². The molecule has 21 heavy (non-hydrogen) atoms. The van der Waals surface area contributed by atoms with Gasteiger partial charge < -0.3 is 20.6 Å². The molecule has 0 aromatic heterocycles. The number of carboxylic acids is 1. The van der Waals surface area contributed by atoms with Crippen LogP contribution in [0.2, 0.25) is 0 Å². The van der Waals surface area contributed by atoms with Crippen LogP contribution in [0.3, 0.4) is 0 Å². The Kier molecular flexibility index (Phi) is 6.45. The van der Waals surface area contributed by atoms with Crippen LogP contribution in [0.5, 0.6) is 0 Å². The second-order valence-electron chi connectivity index (χ2n) is 5.86. The third-order valence-corrected chi connectivity index (χ3v) is 3.57. The summed E-state index contributed by atoms with van der Waals surface area (Å²) in [4.78, 5) is 36.1. The van der Waals surface area contributed by atoms with Crippen molar-refractivity contribution in [2.75, 3.05) is 13.6 Å². The van der Waals surface area contributed by atoms with Gasteiger partial charge in [0, 0.05) is 19.1 Å². The fourth-order valence-corrected chi connectivity index (χ4v) is 2.52. The highest BCUT2D eigenvalue weighted by Gasteiger charge is 2.32. The lowest BCUT2D eigenvalue weighted by Gasteiger charge is -2.30. The summed E-state index contributed by atoms with van der Waals surface area (Å²) in [7, 11) is 1.52. The first kappa shape index (κ1) is 17.3. The van der Waals surface area contributed by atoms with E-state index in [4.69, 9.17) is 0 Å². The molecule has 0 radical (unpaired) electrons. The van der Waals surface area contributed by atoms with E-state index in [2.05, 4.69) is 10.6 Å². The number of carbonyl (C=O) groups excluding carboxylic acids is 2. The standard InChI is InChI=1S/C14H25N3O4/c1-9(2)15-12(18)8-17(3)14(21)16-11-7-5-4-6-10(11)13(19)20/h9-11H,4-8H2,1-3H3,(H,15,18)(H,16,21)(H,19,20). The molecule has 2 unspecified atom stereocenters. The van der Waals surface area contributed by atoms with Crippen molar-refractivity contribution >= 4 is 17.9 Å². The first-order chi connectivity index (χ1) is 9.81. The Bertz CT molecular complexity index is 398. The number of carboxylic acid groups (broad SMARTS) is 1. The summed E-state index contributed by atoms with van der Waals surface area (Å²) in [6, 6.07) is -0.755. The smallest absolute Gasteiger partial charge is 0.317 e. The van der Waals surface area contributed by atoms with Gasteiger partial charge in [-0.2, -0.15) is 0 Å². The highest BCUT2D eigenvalue weighted by molar-refractivity contribution is 5.84. The normalized spacial score (nSPS) is 21.7. The highest BCUT2D eigenvalue weighted by Crippen LogP contribution is 2.24. The summed E-state index contributed by atoms with van der Waals surface area (Å²) in [5.41, 5.74) is 0. The zero-order chi connectivity index (χ0) is 16.0. The Morgan fingerprint density at radius 3 is 2.43 bits per heavy atom. The summed E-state index contributed by atoms with van der Waals surface area (Å²) in [6.07, 6.45) is 3.02. The van der Waals surface area contributed by atoms with Gasteiger partial charge >= 0.3 is 12.0 Å². The summed E-state index contributed by atoms with van der Waals surface area (Å²) < 4.78 is 0. The molecule has 1 aliphatic carbocycles. The molecule has 7 heteroatoms. The Hall–Kier alpha value is -1.79. The molecule has 1 aliphatic rings. The number of likely N-dealkylation sites (N-methyl/N-ethyl adjacent to an activating group) is 1. The van der Waals surface area contributed by atoms with Crippen LogP contribution in [-0.4, -0.2) is 53.6 Å². The van der Waals surface area contributed by atoms with Gasteiger partial charge in [-0.3, -0.25) is 9.59 Å². The van der Waals surface area contributed by atoms with Crippen molar-refractivity contribution in [1.29, 1.82) is 0 Å². The van der Waals surface area contributed by atoms with E-state index in [1.54, 1.807) is 0 Å². The number of hydrogen-bond donors (Lipinski definition) is 3. The molecule has 1 saturated carbocycles. The maximum absolute atomic E-state index is 12.0. The van der Waals surface area contributed by atoms with Crippen molar-refractivity contribution in [1.82, 2.24) is 15.5 Å². The number of amides is 3. The van der Waals surface area contributed by atoms with Crippen molar-refractivity contribution in [2.45, 2.75) is 51.6 Å². The van der Waals surface area contributed by atoms with Gasteiger partial charge in [-0.1, -0.05) is 12.8 Å². The zero-order valence-electron chi connectivity index (χ0n) is 12.9. The maximum atomic E-state index is 12.0. The molecule has 0 aliphatic heterocycles. The van der Waals surface area contributed by atoms with Gasteiger partial charge in [-0.15, -0.1) is 0 Å². The number of hydrogen-bond acceptors (Lipinski definition) is 3. The number of urea groups is 1. The third-order valence-electron chi connectivity index (χ3n) is 3.57. The number of carbonyl (C=O) groups is 3. The molecule has 7 nitrogen and oxygen atoms in total. The fraction of sp³-hybridized carbons (Fsp3) is 0.786. The Morgan fingerprint density at radius 2 is 1.86 bits per heavy atom. The van der Waals surface area contributed by atoms with Gasteiger partial charge in [0.25, 0.3) is 0 Å². The molecule has 1 fully saturated rings. The molecule has 3 N–H and O–H groups in total. The van der Waals surface area contributed by atoms with Gasteiger partial charge in [0.2, 0.25) is 5.91 Å². The molecule has 0 bridgehead atoms. The number of nitrogens with zero attached hydrogens (tertiary/aromatic N) is 1. The van der Waals surface area contributed by atoms with E-state index in [-0.39, 0.29) is 24.5 Å². The molecule has 0 aromatic rings. The lowest BCUT2D eigenvalue weighted by molar-refractivity contribution is -0.143. The predicted octanol–water partition coefficient (Wildman–Crippen LogP) is 0.796. The molecule has 120 valence electrons. The lowest BCUT2D eigenvalue weighted by Crippen LogP contribution is -2.51. The van der Waals surface area contributed by atoms with E-state index in [9.17, 15) is 19.5 Å². The molecule has 0 saturated heterocycles. The van der Waals surface area contributed by atoms with Crippen molar-refractivity contribution in [3.05, 3.63) is 0 Å². The molecule has 0 spiro atoms. The first-order valence-electron chi connectivity index (χ1n) is 7.35. The minimum absolute atomic E-state index is 0.0173. The molecule has 2 atom stereocenters. The quantitative estimate of drug-likeness (QED) is 0.699. The first-order valence-corrected chi connectivity index (χ1v) is 7.35. The monoisotopic (exact) mass is 299 g/mol. The van der Waals surface area contributed by atoms with E-state index in [0.29, 0.717) is 12.8 Å². The van der Waals surface area contributed by atoms with Crippen LogP contribution in [0.4, 0.5) is 4.79 Å². The molecule has 1 rings (SSSR count). The van der Waals surface area contributed by atoms with Crippen molar-refractivity contribution in [3.63, 3.8) is 0 Å². The van der Waals surface area contributed by atoms with Gasteiger partial charge in [0.1, 0.15) is 6.54 Å². The van der Waals surface area contributed by atoms with Crippen molar-refractivity contribution < 1.29 is 19.5 Å². The van der Waals surface area contributed by atoms with E-state index < -0.39 is 17.9 Å².